The summed E-state index contributed by atoms with van der Waals surface area (Å²) in [6.45, 7) is 0. The maximum Gasteiger partial charge on any atom is 0.0561 e. The van der Waals surface area contributed by atoms with Gasteiger partial charge in [0.15, 0.2) is 0 Å². The first-order valence-corrected chi connectivity index (χ1v) is 6.01. The first-order valence-electron chi connectivity index (χ1n) is 6.01. The van der Waals surface area contributed by atoms with E-state index in [9.17, 15) is 10.2 Å². The van der Waals surface area contributed by atoms with Crippen LogP contribution in [0.2, 0.25) is 0 Å². The van der Waals surface area contributed by atoms with Crippen LogP contribution in [0.5, 0.6) is 5.75 Å². The van der Waals surface area contributed by atoms with Crippen molar-refractivity contribution < 1.29 is 47.3 Å². The summed E-state index contributed by atoms with van der Waals surface area (Å²) < 4.78 is 0. The Kier molecular flexibility index (Phi) is 15.9. The molecule has 0 aliphatic heterocycles. The Hall–Kier alpha value is -2.25. The van der Waals surface area contributed by atoms with Crippen LogP contribution in [0.3, 0.4) is 0 Å². The largest absolute Gasteiger partial charge is 2.00 e. The number of rotatable bonds is 3. The zero-order chi connectivity index (χ0) is 15.7. The Morgan fingerprint density at radius 1 is 1.04 bits per heavy atom. The van der Waals surface area contributed by atoms with Gasteiger partial charge in [0.05, 0.1) is 6.21 Å². The average molecular weight is 413 g/mol. The van der Waals surface area contributed by atoms with Crippen molar-refractivity contribution in [3.8, 4) is 5.75 Å². The molecule has 0 spiro atoms. The van der Waals surface area contributed by atoms with Gasteiger partial charge in [-0.1, -0.05) is 42.1 Å². The molecule has 0 heterocycles. The maximum absolute atomic E-state index is 11.6. The average Bonchev–Trinajstić information content (AvgIpc) is 2.52. The predicted molar refractivity (Wildman–Crippen MR) is 80.4 cm³/mol. The molecule has 0 aromatic heterocycles. The van der Waals surface area contributed by atoms with Gasteiger partial charge in [-0.2, -0.15) is 10.2 Å². The molecule has 0 aliphatic carbocycles. The van der Waals surface area contributed by atoms with Gasteiger partial charge >= 0.3 is 0 Å². The van der Waals surface area contributed by atoms with Crippen molar-refractivity contribution in [2.75, 3.05) is 12.8 Å². The van der Waals surface area contributed by atoms with E-state index in [0.717, 1.165) is 7.11 Å². The number of nitrogen functional groups attached to an aromatic ring is 1. The molecule has 0 saturated heterocycles. The van der Waals surface area contributed by atoms with E-state index in [1.54, 1.807) is 42.5 Å². The summed E-state index contributed by atoms with van der Waals surface area (Å²) in [5.41, 5.74) is 6.86. The Labute approximate surface area is 153 Å². The van der Waals surface area contributed by atoms with E-state index in [2.05, 4.69) is 10.2 Å². The molecule has 0 bridgehead atoms. The summed E-state index contributed by atoms with van der Waals surface area (Å²) >= 11 is 0. The number of hydrogen-bond acceptors (Lipinski definition) is 6. The molecule has 0 fully saturated rings. The Balaban J connectivity index is -0.000000850. The van der Waals surface area contributed by atoms with Gasteiger partial charge in [0.25, 0.3) is 0 Å². The van der Waals surface area contributed by atoms with E-state index in [-0.39, 0.29) is 37.8 Å². The minimum absolute atomic E-state index is 0. The molecule has 0 unspecified atom stereocenters. The fourth-order valence-corrected chi connectivity index (χ4v) is 1.41. The third-order valence-electron chi connectivity index (χ3n) is 2.42. The van der Waals surface area contributed by atoms with E-state index in [1.807, 2.05) is 0 Å². The van der Waals surface area contributed by atoms with E-state index in [1.165, 1.54) is 12.3 Å². The van der Waals surface area contributed by atoms with E-state index in [4.69, 9.17) is 10.8 Å². The number of aliphatic hydroxyl groups is 1. The normalized spacial score (nSPS) is 9.67. The van der Waals surface area contributed by atoms with Crippen LogP contribution in [0.4, 0.5) is 5.69 Å². The number of nitrogens with two attached hydrogens (primary N) is 1. The van der Waals surface area contributed by atoms with Crippen LogP contribution in [0, 0.1) is 0 Å². The van der Waals surface area contributed by atoms with Crippen molar-refractivity contribution in [3.05, 3.63) is 59.7 Å². The topological polar surface area (TPSA) is 174 Å². The summed E-state index contributed by atoms with van der Waals surface area (Å²) in [6.07, 6.45) is 1.26. The Bertz CT molecular complexity index is 633. The molecular weight excluding hydrogens is 398 g/mol. The van der Waals surface area contributed by atoms with Crippen molar-refractivity contribution in [1.82, 2.24) is 0 Å². The molecule has 0 radical (unpaired) electrons. The van der Waals surface area contributed by atoms with Crippen LogP contribution in [0.1, 0.15) is 11.1 Å². The van der Waals surface area contributed by atoms with Gasteiger partial charge in [-0.15, -0.1) is 0 Å². The third kappa shape index (κ3) is 8.40. The molecule has 0 amide bonds. The molecule has 9 heteroatoms. The molecule has 2 aromatic carbocycles. The van der Waals surface area contributed by atoms with Gasteiger partial charge in [0.1, 0.15) is 0 Å². The standard InChI is InChI=1S/C14H13N3O2.CH4O.Mo.2O/c15-12-7-5-10(6-8-12)14(19)17-16-9-11-3-1-2-4-13(11)18;1-2;;;/h1-9,18H,15H2,(H,17,19);2H,1H3;;;/q;;;2*-2/p-2/b16-9+;;;;. The summed E-state index contributed by atoms with van der Waals surface area (Å²) in [5.74, 6) is -0.652. The number of benzene rings is 2. The molecule has 2 rings (SSSR count). The molecule has 0 saturated carbocycles. The minimum atomic E-state index is -0.486. The monoisotopic (exact) mass is 415 g/mol. The first-order chi connectivity index (χ1) is 10.2. The molecule has 3 N–H and O–H groups in total. The maximum atomic E-state index is 11.6. The van der Waals surface area contributed by atoms with Gasteiger partial charge < -0.3 is 32.0 Å². The molecule has 2 aromatic rings. The molecule has 0 atom stereocenters. The number of aliphatic hydroxyl groups excluding tert-OH is 1. The van der Waals surface area contributed by atoms with E-state index >= 15 is 0 Å². The third-order valence-corrected chi connectivity index (χ3v) is 2.42. The number of anilines is 1. The fourth-order valence-electron chi connectivity index (χ4n) is 1.41. The first kappa shape index (κ1) is 26.6. The molecule has 24 heavy (non-hydrogen) atoms. The quantitative estimate of drug-likeness (QED) is 0.234. The summed E-state index contributed by atoms with van der Waals surface area (Å²) in [6, 6.07) is 12.7. The zero-order valence-electron chi connectivity index (χ0n) is 12.7. The second kappa shape index (κ2) is 14.3. The number of hydrogen-bond donors (Lipinski definition) is 2. The second-order valence-corrected chi connectivity index (χ2v) is 3.81. The Morgan fingerprint density at radius 2 is 1.58 bits per heavy atom. The van der Waals surface area contributed by atoms with Gasteiger partial charge in [0.2, 0.25) is 0 Å². The van der Waals surface area contributed by atoms with Crippen LogP contribution < -0.4 is 15.9 Å². The van der Waals surface area contributed by atoms with Crippen molar-refractivity contribution in [2.45, 2.75) is 0 Å². The van der Waals surface area contributed by atoms with Crippen molar-refractivity contribution in [1.29, 1.82) is 0 Å². The number of para-hydroxylation sites is 1. The minimum Gasteiger partial charge on any atom is -2.00 e. The van der Waals surface area contributed by atoms with Crippen molar-refractivity contribution in [2.24, 2.45) is 10.2 Å². The fraction of sp³-hybridized carbons (Fsp3) is 0.0667. The molecule has 8 nitrogen and oxygen atoms in total. The van der Waals surface area contributed by atoms with Crippen LogP contribution >= 0.6 is 0 Å². The Morgan fingerprint density at radius 3 is 2.12 bits per heavy atom. The molecule has 132 valence electrons. The summed E-state index contributed by atoms with van der Waals surface area (Å²) in [7, 11) is 1.00. The van der Waals surface area contributed by atoms with Crippen molar-refractivity contribution >= 4 is 17.8 Å². The van der Waals surface area contributed by atoms with Crippen molar-refractivity contribution in [3.63, 3.8) is 0 Å². The zero-order valence-corrected chi connectivity index (χ0v) is 14.7. The van der Waals surface area contributed by atoms with Crippen LogP contribution in [0.25, 0.3) is 0 Å². The van der Waals surface area contributed by atoms with Gasteiger partial charge in [-0.3, -0.25) is 0 Å². The van der Waals surface area contributed by atoms with Gasteiger partial charge in [-0.25, -0.2) is 0 Å². The number of nitrogens with zero attached hydrogens (tertiary/aromatic N) is 2. The second-order valence-electron chi connectivity index (χ2n) is 3.81. The van der Waals surface area contributed by atoms with Crippen LogP contribution in [-0.4, -0.2) is 24.3 Å². The molecule has 0 aliphatic rings. The summed E-state index contributed by atoms with van der Waals surface area (Å²) in [4.78, 5) is 0. The SMILES string of the molecule is CO.Nc1ccc(/C([O-])=N/N=C/c2ccccc2[O-])cc1.[Mo].[O-2].[O-2]. The van der Waals surface area contributed by atoms with Crippen LogP contribution in [0.15, 0.2) is 58.7 Å². The van der Waals surface area contributed by atoms with Gasteiger partial charge in [0, 0.05) is 39.8 Å². The van der Waals surface area contributed by atoms with E-state index in [0.29, 0.717) is 16.8 Å². The summed E-state index contributed by atoms with van der Waals surface area (Å²) in [5, 5.41) is 37.1. The van der Waals surface area contributed by atoms with E-state index < -0.39 is 5.90 Å². The predicted octanol–water partition coefficient (Wildman–Crippen LogP) is -0.148. The van der Waals surface area contributed by atoms with Crippen LogP contribution in [-0.2, 0) is 32.0 Å². The molecular formula is C15H15MoN3O5-6. The van der Waals surface area contributed by atoms with Gasteiger partial charge in [-0.05, 0) is 23.3 Å². The smallest absolute Gasteiger partial charge is 0.0561 e.